The van der Waals surface area contributed by atoms with Gasteiger partial charge in [0.15, 0.2) is 6.17 Å². The van der Waals surface area contributed by atoms with E-state index < -0.39 is 0 Å². The van der Waals surface area contributed by atoms with Crippen LogP contribution in [0.3, 0.4) is 0 Å². The second-order valence-electron chi connectivity index (χ2n) is 9.65. The van der Waals surface area contributed by atoms with E-state index in [-0.39, 0.29) is 6.61 Å². The van der Waals surface area contributed by atoms with Crippen molar-refractivity contribution in [1.82, 2.24) is 5.32 Å². The van der Waals surface area contributed by atoms with E-state index in [2.05, 4.69) is 43.7 Å². The molecule has 0 aromatic carbocycles. The molecule has 0 saturated carbocycles. The molecule has 1 rings (SSSR count). The average Bonchev–Trinajstić information content (AvgIpc) is 3.18. The minimum absolute atomic E-state index is 0.268. The summed E-state index contributed by atoms with van der Waals surface area (Å²) in [5.41, 5.74) is 0. The first-order valence-corrected chi connectivity index (χ1v) is 13.8. The summed E-state index contributed by atoms with van der Waals surface area (Å²) >= 11 is 0. The Bertz CT molecular complexity index is 448. The molecule has 2 unspecified atom stereocenters. The molecule has 2 N–H and O–H groups in total. The van der Waals surface area contributed by atoms with Gasteiger partial charge in [0.05, 0.1) is 19.4 Å². The van der Waals surface area contributed by atoms with Gasteiger partial charge < -0.3 is 10.4 Å². The number of unbranched alkanes of at least 4 members (excludes halogenated alkanes) is 15. The van der Waals surface area contributed by atoms with E-state index in [1.54, 1.807) is 0 Å². The number of hydrogen-bond acceptors (Lipinski definition) is 2. The van der Waals surface area contributed by atoms with Crippen molar-refractivity contribution in [2.45, 2.75) is 136 Å². The zero-order chi connectivity index (χ0) is 22.5. The molecule has 0 fully saturated rings. The lowest BCUT2D eigenvalue weighted by Crippen LogP contribution is -2.54. The highest BCUT2D eigenvalue weighted by Crippen LogP contribution is 2.23. The van der Waals surface area contributed by atoms with E-state index in [9.17, 15) is 5.11 Å². The summed E-state index contributed by atoms with van der Waals surface area (Å²) in [4.78, 5) is 0. The van der Waals surface area contributed by atoms with Crippen LogP contribution in [0.1, 0.15) is 129 Å². The number of nitrogens with one attached hydrogen (secondary N) is 1. The largest absolute Gasteiger partial charge is 0.390 e. The van der Waals surface area contributed by atoms with Gasteiger partial charge in [-0.2, -0.15) is 0 Å². The van der Waals surface area contributed by atoms with Gasteiger partial charge in [-0.1, -0.05) is 96.1 Å². The number of quaternary nitrogens is 1. The third kappa shape index (κ3) is 13.4. The predicted molar refractivity (Wildman–Crippen MR) is 137 cm³/mol. The molecule has 0 bridgehead atoms. The van der Waals surface area contributed by atoms with E-state index in [0.717, 1.165) is 17.6 Å². The quantitative estimate of drug-likeness (QED) is 0.103. The summed E-state index contributed by atoms with van der Waals surface area (Å²) in [5, 5.41) is 12.9. The van der Waals surface area contributed by atoms with Crippen molar-refractivity contribution in [2.24, 2.45) is 0 Å². The number of likely N-dealkylation sites (N-methyl/N-ethyl adjacent to an activating group) is 1. The number of nitrogens with zero attached hydrogens (tertiary/aromatic N) is 1. The highest BCUT2D eigenvalue weighted by atomic mass is 16.3. The molecule has 31 heavy (non-hydrogen) atoms. The van der Waals surface area contributed by atoms with Crippen molar-refractivity contribution in [1.29, 1.82) is 0 Å². The smallest absolute Gasteiger partial charge is 0.166 e. The van der Waals surface area contributed by atoms with Gasteiger partial charge in [0.2, 0.25) is 0 Å². The van der Waals surface area contributed by atoms with Crippen LogP contribution >= 0.6 is 0 Å². The lowest BCUT2D eigenvalue weighted by Gasteiger charge is -2.36. The molecule has 2 atom stereocenters. The Morgan fingerprint density at radius 2 is 1.26 bits per heavy atom. The third-order valence-electron chi connectivity index (χ3n) is 7.13. The van der Waals surface area contributed by atoms with Crippen LogP contribution in [0.4, 0.5) is 0 Å². The van der Waals surface area contributed by atoms with E-state index >= 15 is 0 Å². The fraction of sp³-hybridized carbons (Fsp3) is 0.857. The first kappa shape index (κ1) is 28.2. The minimum Gasteiger partial charge on any atom is -0.390 e. The first-order valence-electron chi connectivity index (χ1n) is 13.8. The third-order valence-corrected chi connectivity index (χ3v) is 7.13. The van der Waals surface area contributed by atoms with Crippen LogP contribution < -0.4 is 5.32 Å². The maximum Gasteiger partial charge on any atom is 0.166 e. The van der Waals surface area contributed by atoms with Crippen LogP contribution in [0.25, 0.3) is 0 Å². The lowest BCUT2D eigenvalue weighted by molar-refractivity contribution is -0.900. The maximum absolute atomic E-state index is 9.39. The molecule has 0 spiro atoms. The zero-order valence-corrected chi connectivity index (χ0v) is 21.1. The van der Waals surface area contributed by atoms with Crippen molar-refractivity contribution >= 4 is 0 Å². The average molecular weight is 436 g/mol. The van der Waals surface area contributed by atoms with Crippen LogP contribution in [-0.4, -0.2) is 35.5 Å². The predicted octanol–water partition coefficient (Wildman–Crippen LogP) is 7.81. The highest BCUT2D eigenvalue weighted by Gasteiger charge is 2.35. The molecule has 3 nitrogen and oxygen atoms in total. The Kier molecular flexibility index (Phi) is 18.1. The lowest BCUT2D eigenvalue weighted by atomic mass is 10.1. The Labute approximate surface area is 195 Å². The van der Waals surface area contributed by atoms with Gasteiger partial charge in [-0.15, -0.1) is 0 Å². The fourth-order valence-corrected chi connectivity index (χ4v) is 4.91. The van der Waals surface area contributed by atoms with Crippen LogP contribution in [0.2, 0.25) is 0 Å². The van der Waals surface area contributed by atoms with Crippen LogP contribution in [-0.2, 0) is 0 Å². The Hall–Kier alpha value is -0.800. The molecule has 1 heterocycles. The first-order chi connectivity index (χ1) is 15.3. The van der Waals surface area contributed by atoms with E-state index in [1.165, 1.54) is 116 Å². The normalized spacial score (nSPS) is 20.7. The molecule has 1 aliphatic heterocycles. The summed E-state index contributed by atoms with van der Waals surface area (Å²) in [6.07, 6.45) is 34.3. The van der Waals surface area contributed by atoms with Crippen molar-refractivity contribution in [3.05, 3.63) is 24.6 Å². The Balaban J connectivity index is 1.84. The van der Waals surface area contributed by atoms with Crippen LogP contribution in [0.15, 0.2) is 24.6 Å². The summed E-state index contributed by atoms with van der Waals surface area (Å²) < 4.78 is 0.905. The minimum atomic E-state index is 0.268. The van der Waals surface area contributed by atoms with Gasteiger partial charge >= 0.3 is 0 Å². The van der Waals surface area contributed by atoms with E-state index in [0.29, 0.717) is 6.17 Å². The van der Waals surface area contributed by atoms with E-state index in [4.69, 9.17) is 0 Å². The van der Waals surface area contributed by atoms with Gasteiger partial charge in [-0.25, -0.2) is 0 Å². The molecule has 1 aliphatic rings. The van der Waals surface area contributed by atoms with Crippen molar-refractivity contribution in [3.8, 4) is 0 Å². The summed E-state index contributed by atoms with van der Waals surface area (Å²) in [7, 11) is 0. The molecule has 0 aromatic heterocycles. The molecule has 0 saturated heterocycles. The number of allylic oxidation sites excluding steroid dienone is 2. The van der Waals surface area contributed by atoms with Crippen molar-refractivity contribution in [2.75, 3.05) is 19.7 Å². The monoisotopic (exact) mass is 435 g/mol. The van der Waals surface area contributed by atoms with Crippen molar-refractivity contribution < 1.29 is 9.59 Å². The number of aliphatic hydroxyl groups is 1. The molecule has 0 aromatic rings. The molecule has 0 amide bonds. The molecule has 3 heteroatoms. The number of rotatable bonds is 22. The summed E-state index contributed by atoms with van der Waals surface area (Å²) in [6, 6.07) is 0. The highest BCUT2D eigenvalue weighted by molar-refractivity contribution is 4.84. The second kappa shape index (κ2) is 19.9. The summed E-state index contributed by atoms with van der Waals surface area (Å²) in [6.45, 7) is 6.67. The number of hydrogen-bond donors (Lipinski definition) is 2. The fourth-order valence-electron chi connectivity index (χ4n) is 4.91. The standard InChI is InChI=1S/C28H55N2O/c1-3-5-6-7-8-9-10-11-12-13-14-15-16-17-18-19-20-21-22-23-28-29-24-25-30(28,4-2)26-27-31/h14-15,24-25,28-29,31H,3-13,16-23,26-27H2,1-2H3/q+1/b15-14+. The van der Waals surface area contributed by atoms with E-state index in [1.807, 2.05) is 0 Å². The molecule has 0 aliphatic carbocycles. The SMILES string of the molecule is CCCCCCCCCCC/C=C/CCCCCCCCC1NC=C[N+]1(CC)CCO. The molecular weight excluding hydrogens is 380 g/mol. The van der Waals surface area contributed by atoms with Gasteiger partial charge in [-0.05, 0) is 39.0 Å². The maximum atomic E-state index is 9.39. The number of aliphatic hydroxyl groups excluding tert-OH is 1. The van der Waals surface area contributed by atoms with Gasteiger partial charge in [0, 0.05) is 6.42 Å². The van der Waals surface area contributed by atoms with Gasteiger partial charge in [-0.3, -0.25) is 4.48 Å². The Morgan fingerprint density at radius 3 is 1.77 bits per heavy atom. The topological polar surface area (TPSA) is 32.3 Å². The second-order valence-corrected chi connectivity index (χ2v) is 9.65. The molecule has 182 valence electrons. The Morgan fingerprint density at radius 1 is 0.742 bits per heavy atom. The molecular formula is C28H55N2O+. The summed E-state index contributed by atoms with van der Waals surface area (Å²) in [5.74, 6) is 0. The molecule has 0 radical (unpaired) electrons. The van der Waals surface area contributed by atoms with Crippen LogP contribution in [0, 0.1) is 0 Å². The van der Waals surface area contributed by atoms with Crippen molar-refractivity contribution in [3.63, 3.8) is 0 Å². The van der Waals surface area contributed by atoms with Gasteiger partial charge in [0.1, 0.15) is 12.7 Å². The zero-order valence-electron chi connectivity index (χ0n) is 21.1. The van der Waals surface area contributed by atoms with Gasteiger partial charge in [0.25, 0.3) is 0 Å². The van der Waals surface area contributed by atoms with Crippen LogP contribution in [0.5, 0.6) is 0 Å².